The number of nitrogen functional groups attached to an aromatic ring is 1. The molecule has 9 nitrogen and oxygen atoms in total. The van der Waals surface area contributed by atoms with Crippen molar-refractivity contribution in [3.63, 3.8) is 0 Å². The Labute approximate surface area is 155 Å². The van der Waals surface area contributed by atoms with E-state index in [4.69, 9.17) is 5.73 Å². The first-order valence-electron chi connectivity index (χ1n) is 8.55. The number of dihydropyridines is 1. The lowest BCUT2D eigenvalue weighted by Gasteiger charge is -2.43. The molecule has 0 aromatic carbocycles. The molecule has 0 spiro atoms. The van der Waals surface area contributed by atoms with Crippen LogP contribution in [0.15, 0.2) is 42.3 Å². The van der Waals surface area contributed by atoms with Gasteiger partial charge >= 0.3 is 12.0 Å². The number of likely N-dealkylation sites (tertiary alicyclic amines) is 1. The van der Waals surface area contributed by atoms with E-state index in [1.165, 1.54) is 6.20 Å². The number of carboxylic acid groups (broad SMARTS) is 1. The Kier molecular flexibility index (Phi) is 5.11. The number of hydrogen-bond acceptors (Lipinski definition) is 6. The summed E-state index contributed by atoms with van der Waals surface area (Å²) < 4.78 is 0. The van der Waals surface area contributed by atoms with Crippen LogP contribution in [0.3, 0.4) is 0 Å². The zero-order valence-corrected chi connectivity index (χ0v) is 14.8. The summed E-state index contributed by atoms with van der Waals surface area (Å²) >= 11 is 0. The van der Waals surface area contributed by atoms with Gasteiger partial charge in [-0.3, -0.25) is 4.79 Å². The second kappa shape index (κ2) is 7.48. The minimum atomic E-state index is -1.22. The highest BCUT2D eigenvalue weighted by Gasteiger charge is 2.54. The number of anilines is 1. The number of nitrogens with one attached hydrogen (secondary N) is 2. The second-order valence-electron chi connectivity index (χ2n) is 6.52. The number of carbonyl (C=O) groups excluding carboxylic acids is 2. The molecule has 9 heteroatoms. The molecule has 0 radical (unpaired) electrons. The number of aromatic nitrogens is 1. The predicted molar refractivity (Wildman–Crippen MR) is 97.3 cm³/mol. The van der Waals surface area contributed by atoms with Gasteiger partial charge in [0.15, 0.2) is 6.04 Å². The van der Waals surface area contributed by atoms with Crippen LogP contribution in [0.2, 0.25) is 0 Å². The largest absolute Gasteiger partial charge is 0.480 e. The van der Waals surface area contributed by atoms with Gasteiger partial charge in [-0.25, -0.2) is 19.5 Å². The highest BCUT2D eigenvalue weighted by Crippen LogP contribution is 2.31. The summed E-state index contributed by atoms with van der Waals surface area (Å²) in [7, 11) is 0. The minimum absolute atomic E-state index is 0.180. The molecule has 1 aromatic heterocycles. The van der Waals surface area contributed by atoms with Crippen molar-refractivity contribution in [2.45, 2.75) is 25.4 Å². The summed E-state index contributed by atoms with van der Waals surface area (Å²) in [6, 6.07) is 0.954. The average Bonchev–Trinajstić information content (AvgIpc) is 2.64. The van der Waals surface area contributed by atoms with Crippen LogP contribution >= 0.6 is 0 Å². The molecule has 1 fully saturated rings. The van der Waals surface area contributed by atoms with Crippen LogP contribution in [0.1, 0.15) is 12.5 Å². The van der Waals surface area contributed by atoms with Crippen molar-refractivity contribution in [3.8, 4) is 0 Å². The van der Waals surface area contributed by atoms with Crippen molar-refractivity contribution in [1.29, 1.82) is 0 Å². The third-order valence-electron chi connectivity index (χ3n) is 4.64. The first-order chi connectivity index (χ1) is 12.9. The first-order valence-corrected chi connectivity index (χ1v) is 8.55. The molecular weight excluding hydrogens is 350 g/mol. The molecule has 27 heavy (non-hydrogen) atoms. The van der Waals surface area contributed by atoms with Gasteiger partial charge in [0, 0.05) is 18.9 Å². The molecular formula is C18H21N5O4. The van der Waals surface area contributed by atoms with Gasteiger partial charge in [0.05, 0.1) is 12.0 Å². The van der Waals surface area contributed by atoms with E-state index in [0.717, 1.165) is 10.5 Å². The van der Waals surface area contributed by atoms with E-state index in [0.29, 0.717) is 12.1 Å². The monoisotopic (exact) mass is 371 g/mol. The number of urea groups is 1. The molecule has 3 atom stereocenters. The van der Waals surface area contributed by atoms with Gasteiger partial charge in [-0.15, -0.1) is 0 Å². The molecule has 1 aromatic rings. The molecule has 1 unspecified atom stereocenters. The summed E-state index contributed by atoms with van der Waals surface area (Å²) in [6.07, 6.45) is 7.22. The van der Waals surface area contributed by atoms with Crippen molar-refractivity contribution in [2.24, 2.45) is 5.92 Å². The van der Waals surface area contributed by atoms with Gasteiger partial charge in [-0.1, -0.05) is 12.2 Å². The zero-order chi connectivity index (χ0) is 19.6. The van der Waals surface area contributed by atoms with Gasteiger partial charge in [0.2, 0.25) is 5.91 Å². The maximum atomic E-state index is 12.5. The molecule has 2 aliphatic rings. The summed E-state index contributed by atoms with van der Waals surface area (Å²) in [6.45, 7) is 2.47. The zero-order valence-electron chi connectivity index (χ0n) is 14.8. The van der Waals surface area contributed by atoms with Crippen LogP contribution in [0.5, 0.6) is 0 Å². The lowest BCUT2D eigenvalue weighted by Crippen LogP contribution is -2.69. The second-order valence-corrected chi connectivity index (χ2v) is 6.52. The Bertz CT molecular complexity index is 835. The van der Waals surface area contributed by atoms with Crippen LogP contribution in [-0.2, 0) is 16.0 Å². The van der Waals surface area contributed by atoms with Gasteiger partial charge < -0.3 is 21.5 Å². The normalized spacial score (nSPS) is 22.3. The standard InChI is InChI=1S/C18H21N5O4/c1-10(12-3-2-5-20-9-12)22-18(27)23-15(17(25)26)13(16(23)24)7-11-4-6-21-14(19)8-11/h2-4,6,8-10,13,15,20H,5,7H2,1H3,(H2,19,21)(H,22,27)(H,25,26)/t10?,13-,15+/m1/s1. The average molecular weight is 371 g/mol. The van der Waals surface area contributed by atoms with Crippen molar-refractivity contribution >= 4 is 23.7 Å². The predicted octanol–water partition coefficient (Wildman–Crippen LogP) is 0.259. The third kappa shape index (κ3) is 3.76. The van der Waals surface area contributed by atoms with E-state index in [1.807, 2.05) is 12.2 Å². The third-order valence-corrected chi connectivity index (χ3v) is 4.64. The van der Waals surface area contributed by atoms with E-state index in [2.05, 4.69) is 15.6 Å². The van der Waals surface area contributed by atoms with E-state index in [9.17, 15) is 19.5 Å². The van der Waals surface area contributed by atoms with Gasteiger partial charge in [0.25, 0.3) is 0 Å². The van der Waals surface area contributed by atoms with Crippen LogP contribution < -0.4 is 16.4 Å². The topological polar surface area (TPSA) is 138 Å². The van der Waals surface area contributed by atoms with E-state index in [-0.39, 0.29) is 18.3 Å². The van der Waals surface area contributed by atoms with Crippen LogP contribution in [0.25, 0.3) is 0 Å². The van der Waals surface area contributed by atoms with Crippen molar-refractivity contribution < 1.29 is 19.5 Å². The van der Waals surface area contributed by atoms with E-state index >= 15 is 0 Å². The lowest BCUT2D eigenvalue weighted by atomic mass is 9.82. The molecule has 3 heterocycles. The van der Waals surface area contributed by atoms with Crippen LogP contribution in [0, 0.1) is 5.92 Å². The Hall–Kier alpha value is -3.36. The number of amides is 3. The van der Waals surface area contributed by atoms with Crippen LogP contribution in [0.4, 0.5) is 10.6 Å². The molecule has 0 aliphatic carbocycles. The van der Waals surface area contributed by atoms with Gasteiger partial charge in [-0.2, -0.15) is 0 Å². The number of imide groups is 1. The fourth-order valence-electron chi connectivity index (χ4n) is 3.23. The number of nitrogens with two attached hydrogens (primary N) is 1. The summed E-state index contributed by atoms with van der Waals surface area (Å²) in [5.41, 5.74) is 7.15. The number of carbonyl (C=O) groups is 3. The number of hydrogen-bond donors (Lipinski definition) is 4. The lowest BCUT2D eigenvalue weighted by molar-refractivity contribution is -0.165. The Morgan fingerprint density at radius 3 is 2.93 bits per heavy atom. The Morgan fingerprint density at radius 2 is 2.30 bits per heavy atom. The number of rotatable bonds is 5. The fourth-order valence-corrected chi connectivity index (χ4v) is 3.23. The Balaban J connectivity index is 1.69. The van der Waals surface area contributed by atoms with Gasteiger partial charge in [-0.05, 0) is 36.6 Å². The quantitative estimate of drug-likeness (QED) is 0.545. The number of carboxylic acids is 1. The fraction of sp³-hybridized carbons (Fsp3) is 0.333. The number of pyridine rings is 1. The summed E-state index contributed by atoms with van der Waals surface area (Å²) in [5.74, 6) is -2.27. The number of aliphatic carboxylic acids is 1. The maximum Gasteiger partial charge on any atom is 0.327 e. The number of nitrogens with zero attached hydrogens (tertiary/aromatic N) is 2. The summed E-state index contributed by atoms with van der Waals surface area (Å²) in [4.78, 5) is 41.3. The highest BCUT2D eigenvalue weighted by molar-refractivity contribution is 6.07. The molecule has 0 saturated carbocycles. The van der Waals surface area contributed by atoms with E-state index < -0.39 is 29.9 Å². The Morgan fingerprint density at radius 1 is 1.52 bits per heavy atom. The van der Waals surface area contributed by atoms with Crippen molar-refractivity contribution in [2.75, 3.05) is 12.3 Å². The smallest absolute Gasteiger partial charge is 0.327 e. The molecule has 3 amide bonds. The first kappa shape index (κ1) is 18.4. The van der Waals surface area contributed by atoms with Gasteiger partial charge in [0.1, 0.15) is 5.82 Å². The molecule has 0 bridgehead atoms. The minimum Gasteiger partial charge on any atom is -0.480 e. The highest BCUT2D eigenvalue weighted by atomic mass is 16.4. The van der Waals surface area contributed by atoms with Crippen LogP contribution in [-0.4, -0.2) is 51.5 Å². The van der Waals surface area contributed by atoms with E-state index in [1.54, 1.807) is 25.3 Å². The van der Waals surface area contributed by atoms with Crippen molar-refractivity contribution in [1.82, 2.24) is 20.5 Å². The molecule has 1 saturated heterocycles. The SMILES string of the molecule is CC(NC(=O)N1C(=O)[C@H](Cc2ccnc(N)c2)[C@H]1C(=O)O)C1=CNCC=C1. The number of β-lactam (4-membered cyclic amide) rings is 1. The summed E-state index contributed by atoms with van der Waals surface area (Å²) in [5, 5.41) is 15.2. The molecule has 2 aliphatic heterocycles. The maximum absolute atomic E-state index is 12.5. The molecule has 142 valence electrons. The van der Waals surface area contributed by atoms with Crippen molar-refractivity contribution in [3.05, 3.63) is 47.8 Å². The molecule has 5 N–H and O–H groups in total. The molecule has 3 rings (SSSR count).